The molecule has 0 radical (unpaired) electrons. The lowest BCUT2D eigenvalue weighted by Gasteiger charge is -2.23. The van der Waals surface area contributed by atoms with Gasteiger partial charge in [0.25, 0.3) is 0 Å². The minimum absolute atomic E-state index is 0.0446. The minimum atomic E-state index is -0.0446. The Morgan fingerprint density at radius 3 is 2.86 bits per heavy atom. The summed E-state index contributed by atoms with van der Waals surface area (Å²) in [6.07, 6.45) is 9.05. The first-order chi connectivity index (χ1) is 6.86. The van der Waals surface area contributed by atoms with Gasteiger partial charge in [-0.25, -0.2) is 0 Å². The van der Waals surface area contributed by atoms with Gasteiger partial charge in [0, 0.05) is 0 Å². The predicted octanol–water partition coefficient (Wildman–Crippen LogP) is 2.04. The van der Waals surface area contributed by atoms with Gasteiger partial charge in [-0.15, -0.1) is 0 Å². The van der Waals surface area contributed by atoms with E-state index in [-0.39, 0.29) is 6.04 Å². The smallest absolute Gasteiger partial charge is 0.213 e. The van der Waals surface area contributed by atoms with Gasteiger partial charge < -0.3 is 10.3 Å². The van der Waals surface area contributed by atoms with Crippen LogP contribution in [0.2, 0.25) is 0 Å². The molecule has 1 fully saturated rings. The lowest BCUT2D eigenvalue weighted by atomic mass is 9.85. The van der Waals surface area contributed by atoms with Crippen LogP contribution in [0.15, 0.2) is 10.9 Å². The van der Waals surface area contributed by atoms with Crippen molar-refractivity contribution < 1.29 is 4.52 Å². The van der Waals surface area contributed by atoms with E-state index >= 15 is 0 Å². The summed E-state index contributed by atoms with van der Waals surface area (Å²) in [6.45, 7) is 0. The maximum absolute atomic E-state index is 5.99. The highest BCUT2D eigenvalue weighted by molar-refractivity contribution is 4.89. The van der Waals surface area contributed by atoms with Crippen molar-refractivity contribution in [3.05, 3.63) is 12.2 Å². The highest BCUT2D eigenvalue weighted by atomic mass is 16.5. The van der Waals surface area contributed by atoms with Gasteiger partial charge >= 0.3 is 0 Å². The zero-order valence-corrected chi connectivity index (χ0v) is 8.35. The molecule has 14 heavy (non-hydrogen) atoms. The molecular weight excluding hydrogens is 178 g/mol. The molecule has 1 atom stereocenters. The van der Waals surface area contributed by atoms with Crippen molar-refractivity contribution in [1.29, 1.82) is 0 Å². The highest BCUT2D eigenvalue weighted by Crippen LogP contribution is 2.29. The molecule has 1 unspecified atom stereocenters. The maximum Gasteiger partial charge on any atom is 0.213 e. The zero-order chi connectivity index (χ0) is 9.80. The third-order valence-electron chi connectivity index (χ3n) is 3.02. The van der Waals surface area contributed by atoms with Crippen LogP contribution in [0, 0.1) is 5.92 Å². The molecule has 0 aliphatic heterocycles. The molecule has 1 aliphatic carbocycles. The topological polar surface area (TPSA) is 64.9 Å². The number of hydrogen-bond donors (Lipinski definition) is 1. The molecule has 4 heteroatoms. The summed E-state index contributed by atoms with van der Waals surface area (Å²) in [5, 5.41) is 3.77. The third kappa shape index (κ3) is 2.32. The van der Waals surface area contributed by atoms with Crippen molar-refractivity contribution in [2.75, 3.05) is 0 Å². The summed E-state index contributed by atoms with van der Waals surface area (Å²) in [6, 6.07) is -0.0446. The maximum atomic E-state index is 5.99. The van der Waals surface area contributed by atoms with E-state index < -0.39 is 0 Å². The summed E-state index contributed by atoms with van der Waals surface area (Å²) < 4.78 is 4.68. The Morgan fingerprint density at radius 1 is 1.43 bits per heavy atom. The van der Waals surface area contributed by atoms with E-state index in [1.54, 1.807) is 0 Å². The van der Waals surface area contributed by atoms with Gasteiger partial charge in [0.2, 0.25) is 6.39 Å². The fourth-order valence-corrected chi connectivity index (χ4v) is 2.23. The molecule has 2 rings (SSSR count). The molecule has 78 valence electrons. The average Bonchev–Trinajstić information content (AvgIpc) is 2.72. The van der Waals surface area contributed by atoms with Gasteiger partial charge in [-0.2, -0.15) is 4.98 Å². The van der Waals surface area contributed by atoms with Crippen molar-refractivity contribution in [1.82, 2.24) is 10.1 Å². The molecule has 0 aromatic carbocycles. The van der Waals surface area contributed by atoms with Crippen LogP contribution in [-0.2, 0) is 0 Å². The third-order valence-corrected chi connectivity index (χ3v) is 3.02. The monoisotopic (exact) mass is 195 g/mol. The van der Waals surface area contributed by atoms with Crippen LogP contribution in [0.1, 0.15) is 50.4 Å². The highest BCUT2D eigenvalue weighted by Gasteiger charge is 2.19. The number of nitrogens with zero attached hydrogens (tertiary/aromatic N) is 2. The van der Waals surface area contributed by atoms with Crippen LogP contribution in [0.4, 0.5) is 0 Å². The van der Waals surface area contributed by atoms with Crippen molar-refractivity contribution >= 4 is 0 Å². The normalized spacial score (nSPS) is 20.9. The molecule has 4 nitrogen and oxygen atoms in total. The van der Waals surface area contributed by atoms with E-state index in [0.29, 0.717) is 5.82 Å². The second kappa shape index (κ2) is 4.55. The van der Waals surface area contributed by atoms with Crippen LogP contribution < -0.4 is 5.73 Å². The van der Waals surface area contributed by atoms with Crippen molar-refractivity contribution in [2.45, 2.75) is 44.6 Å². The lowest BCUT2D eigenvalue weighted by Crippen LogP contribution is -2.18. The van der Waals surface area contributed by atoms with E-state index in [1.165, 1.54) is 38.5 Å². The Bertz CT molecular complexity index is 254. The van der Waals surface area contributed by atoms with E-state index in [9.17, 15) is 0 Å². The first-order valence-electron chi connectivity index (χ1n) is 5.38. The van der Waals surface area contributed by atoms with Crippen molar-refractivity contribution in [2.24, 2.45) is 11.7 Å². The molecule has 0 saturated heterocycles. The standard InChI is InChI=1S/C10H17N3O/c11-9(10-12-7-14-13-10)6-8-4-2-1-3-5-8/h7-9H,1-6,11H2. The fourth-order valence-electron chi connectivity index (χ4n) is 2.23. The van der Waals surface area contributed by atoms with E-state index in [1.807, 2.05) is 0 Å². The summed E-state index contributed by atoms with van der Waals surface area (Å²) >= 11 is 0. The predicted molar refractivity (Wildman–Crippen MR) is 52.4 cm³/mol. The Kier molecular flexibility index (Phi) is 3.14. The van der Waals surface area contributed by atoms with Gasteiger partial charge in [0.05, 0.1) is 6.04 Å². The van der Waals surface area contributed by atoms with Crippen molar-refractivity contribution in [3.63, 3.8) is 0 Å². The fraction of sp³-hybridized carbons (Fsp3) is 0.800. The van der Waals surface area contributed by atoms with E-state index in [2.05, 4.69) is 14.7 Å². The summed E-state index contributed by atoms with van der Waals surface area (Å²) in [4.78, 5) is 3.98. The van der Waals surface area contributed by atoms with Gasteiger partial charge in [0.15, 0.2) is 5.82 Å². The second-order valence-corrected chi connectivity index (χ2v) is 4.14. The number of rotatable bonds is 3. The Morgan fingerprint density at radius 2 is 2.21 bits per heavy atom. The van der Waals surface area contributed by atoms with E-state index in [0.717, 1.165) is 12.3 Å². The van der Waals surface area contributed by atoms with Crippen LogP contribution in [0.25, 0.3) is 0 Å². The Labute approximate surface area is 83.9 Å². The molecule has 1 aromatic rings. The van der Waals surface area contributed by atoms with E-state index in [4.69, 9.17) is 5.73 Å². The van der Waals surface area contributed by atoms with Gasteiger partial charge in [0.1, 0.15) is 0 Å². The quantitative estimate of drug-likeness (QED) is 0.801. The molecule has 1 aliphatic rings. The molecule has 1 saturated carbocycles. The SMILES string of the molecule is NC(CC1CCCCC1)c1ncon1. The summed E-state index contributed by atoms with van der Waals surface area (Å²) in [5.41, 5.74) is 5.99. The molecule has 0 spiro atoms. The van der Waals surface area contributed by atoms with Crippen LogP contribution in [0.5, 0.6) is 0 Å². The Balaban J connectivity index is 1.84. The summed E-state index contributed by atoms with van der Waals surface area (Å²) in [5.74, 6) is 1.41. The molecule has 2 N–H and O–H groups in total. The first kappa shape index (κ1) is 9.65. The number of nitrogens with two attached hydrogens (primary N) is 1. The largest absolute Gasteiger partial charge is 0.343 e. The minimum Gasteiger partial charge on any atom is -0.343 e. The molecule has 0 bridgehead atoms. The second-order valence-electron chi connectivity index (χ2n) is 4.14. The van der Waals surface area contributed by atoms with Crippen LogP contribution in [-0.4, -0.2) is 10.1 Å². The summed E-state index contributed by atoms with van der Waals surface area (Å²) in [7, 11) is 0. The van der Waals surface area contributed by atoms with Crippen LogP contribution >= 0.6 is 0 Å². The lowest BCUT2D eigenvalue weighted by molar-refractivity contribution is 0.311. The number of aromatic nitrogens is 2. The zero-order valence-electron chi connectivity index (χ0n) is 8.35. The molecule has 1 aromatic heterocycles. The molecule has 0 amide bonds. The average molecular weight is 195 g/mol. The van der Waals surface area contributed by atoms with Crippen molar-refractivity contribution in [3.8, 4) is 0 Å². The number of hydrogen-bond acceptors (Lipinski definition) is 4. The van der Waals surface area contributed by atoms with Gasteiger partial charge in [-0.05, 0) is 12.3 Å². The van der Waals surface area contributed by atoms with Gasteiger partial charge in [-0.3, -0.25) is 0 Å². The molecular formula is C10H17N3O. The first-order valence-corrected chi connectivity index (χ1v) is 5.38. The van der Waals surface area contributed by atoms with Crippen LogP contribution in [0.3, 0.4) is 0 Å². The Hall–Kier alpha value is -0.900. The molecule has 1 heterocycles. The van der Waals surface area contributed by atoms with Gasteiger partial charge in [-0.1, -0.05) is 37.3 Å².